The van der Waals surface area contributed by atoms with Crippen LogP contribution in [-0.4, -0.2) is 34.5 Å². The maximum atomic E-state index is 12.5. The Kier molecular flexibility index (Phi) is 5.73. The highest BCUT2D eigenvalue weighted by Gasteiger charge is 2.35. The van der Waals surface area contributed by atoms with Crippen molar-refractivity contribution in [1.82, 2.24) is 4.90 Å². The van der Waals surface area contributed by atoms with Crippen LogP contribution in [0.1, 0.15) is 23.6 Å². The molecule has 1 fully saturated rings. The van der Waals surface area contributed by atoms with Crippen LogP contribution >= 0.6 is 11.8 Å². The molecule has 1 heterocycles. The zero-order valence-electron chi connectivity index (χ0n) is 15.0. The lowest BCUT2D eigenvalue weighted by atomic mass is 10.2. The molecule has 1 saturated heterocycles. The van der Waals surface area contributed by atoms with Crippen LogP contribution in [0.15, 0.2) is 58.7 Å². The van der Waals surface area contributed by atoms with Gasteiger partial charge in [-0.1, -0.05) is 53.7 Å². The van der Waals surface area contributed by atoms with Crippen LogP contribution in [0.5, 0.6) is 5.75 Å². The van der Waals surface area contributed by atoms with E-state index in [1.165, 1.54) is 17.3 Å². The molecule has 134 valence electrons. The summed E-state index contributed by atoms with van der Waals surface area (Å²) in [7, 11) is 1.63. The summed E-state index contributed by atoms with van der Waals surface area (Å²) in [6.07, 6.45) is 1.70. The Morgan fingerprint density at radius 2 is 1.85 bits per heavy atom. The number of hydrogen-bond acceptors (Lipinski definition) is 5. The Labute approximate surface area is 157 Å². The normalized spacial score (nSPS) is 18.9. The first kappa shape index (κ1) is 18.2. The van der Waals surface area contributed by atoms with Gasteiger partial charge in [-0.15, -0.1) is 5.10 Å². The number of nitrogens with zero attached hydrogens (tertiary/aromatic N) is 3. The van der Waals surface area contributed by atoms with Gasteiger partial charge in [0.15, 0.2) is 5.17 Å². The zero-order chi connectivity index (χ0) is 18.5. The quantitative estimate of drug-likeness (QED) is 0.596. The van der Waals surface area contributed by atoms with Crippen LogP contribution in [0, 0.1) is 6.92 Å². The average Bonchev–Trinajstić information content (AvgIpc) is 2.92. The van der Waals surface area contributed by atoms with Gasteiger partial charge in [-0.2, -0.15) is 5.10 Å². The minimum Gasteiger partial charge on any atom is -0.497 e. The van der Waals surface area contributed by atoms with Crippen molar-refractivity contribution in [3.8, 4) is 5.75 Å². The lowest BCUT2D eigenvalue weighted by Crippen LogP contribution is -2.30. The SMILES string of the molecule is COc1ccc(CN2C(=O)C(C)S/C2=N/N=C/c2ccc(C)cc2)cc1. The maximum absolute atomic E-state index is 12.5. The van der Waals surface area contributed by atoms with E-state index in [-0.39, 0.29) is 11.2 Å². The number of thioether (sulfide) groups is 1. The molecule has 0 bridgehead atoms. The van der Waals surface area contributed by atoms with E-state index in [0.717, 1.165) is 16.9 Å². The largest absolute Gasteiger partial charge is 0.497 e. The predicted molar refractivity (Wildman–Crippen MR) is 107 cm³/mol. The molecule has 3 rings (SSSR count). The molecular formula is C20H21N3O2S. The average molecular weight is 367 g/mol. The molecular weight excluding hydrogens is 346 g/mol. The maximum Gasteiger partial charge on any atom is 0.242 e. The van der Waals surface area contributed by atoms with Gasteiger partial charge in [-0.3, -0.25) is 9.69 Å². The molecule has 1 atom stereocenters. The third-order valence-corrected chi connectivity index (χ3v) is 5.12. The number of hydrogen-bond donors (Lipinski definition) is 0. The number of carbonyl (C=O) groups excluding carboxylic acids is 1. The molecule has 0 N–H and O–H groups in total. The van der Waals surface area contributed by atoms with E-state index in [1.54, 1.807) is 18.2 Å². The van der Waals surface area contributed by atoms with Gasteiger partial charge < -0.3 is 4.74 Å². The van der Waals surface area contributed by atoms with Crippen LogP contribution in [0.25, 0.3) is 0 Å². The summed E-state index contributed by atoms with van der Waals surface area (Å²) in [6.45, 7) is 4.40. The minimum absolute atomic E-state index is 0.0510. The Morgan fingerprint density at radius 1 is 1.15 bits per heavy atom. The second kappa shape index (κ2) is 8.19. The van der Waals surface area contributed by atoms with Gasteiger partial charge >= 0.3 is 0 Å². The van der Waals surface area contributed by atoms with Crippen molar-refractivity contribution in [2.24, 2.45) is 10.2 Å². The molecule has 0 aromatic heterocycles. The summed E-state index contributed by atoms with van der Waals surface area (Å²) in [4.78, 5) is 14.1. The Morgan fingerprint density at radius 3 is 2.50 bits per heavy atom. The highest BCUT2D eigenvalue weighted by Crippen LogP contribution is 2.28. The minimum atomic E-state index is -0.151. The van der Waals surface area contributed by atoms with E-state index in [1.807, 2.05) is 62.4 Å². The first-order valence-corrected chi connectivity index (χ1v) is 9.23. The number of aryl methyl sites for hydroxylation is 1. The van der Waals surface area contributed by atoms with Gasteiger partial charge in [-0.25, -0.2) is 0 Å². The van der Waals surface area contributed by atoms with Gasteiger partial charge in [0, 0.05) is 0 Å². The van der Waals surface area contributed by atoms with E-state index >= 15 is 0 Å². The van der Waals surface area contributed by atoms with Crippen molar-refractivity contribution in [2.75, 3.05) is 7.11 Å². The summed E-state index contributed by atoms with van der Waals surface area (Å²) in [5.74, 6) is 0.843. The fourth-order valence-electron chi connectivity index (χ4n) is 2.52. The summed E-state index contributed by atoms with van der Waals surface area (Å²) in [5.41, 5.74) is 3.19. The monoisotopic (exact) mass is 367 g/mol. The molecule has 6 heteroatoms. The molecule has 1 amide bonds. The van der Waals surface area contributed by atoms with Gasteiger partial charge in [0.1, 0.15) is 5.75 Å². The third-order valence-electron chi connectivity index (χ3n) is 4.05. The molecule has 1 aliphatic heterocycles. The zero-order valence-corrected chi connectivity index (χ0v) is 15.9. The summed E-state index contributed by atoms with van der Waals surface area (Å²) in [5, 5.41) is 8.93. The third kappa shape index (κ3) is 4.32. The van der Waals surface area contributed by atoms with Gasteiger partial charge in [0.2, 0.25) is 5.91 Å². The fourth-order valence-corrected chi connectivity index (χ4v) is 3.44. The second-order valence-corrected chi connectivity index (χ2v) is 7.38. The summed E-state index contributed by atoms with van der Waals surface area (Å²) in [6, 6.07) is 15.7. The molecule has 1 unspecified atom stereocenters. The number of benzene rings is 2. The van der Waals surface area contributed by atoms with Crippen molar-refractivity contribution in [1.29, 1.82) is 0 Å². The van der Waals surface area contributed by atoms with Crippen molar-refractivity contribution in [3.63, 3.8) is 0 Å². The number of rotatable bonds is 5. The second-order valence-electron chi connectivity index (χ2n) is 6.07. The topological polar surface area (TPSA) is 54.3 Å². The molecule has 0 aliphatic carbocycles. The van der Waals surface area contributed by atoms with Crippen LogP contribution < -0.4 is 4.74 Å². The van der Waals surface area contributed by atoms with E-state index in [2.05, 4.69) is 10.2 Å². The predicted octanol–water partition coefficient (Wildman–Crippen LogP) is 3.86. The molecule has 0 saturated carbocycles. The molecule has 0 radical (unpaired) electrons. The lowest BCUT2D eigenvalue weighted by molar-refractivity contribution is -0.126. The van der Waals surface area contributed by atoms with E-state index in [4.69, 9.17) is 4.74 Å². The molecule has 0 spiro atoms. The molecule has 26 heavy (non-hydrogen) atoms. The molecule has 5 nitrogen and oxygen atoms in total. The van der Waals surface area contributed by atoms with Crippen molar-refractivity contribution < 1.29 is 9.53 Å². The van der Waals surface area contributed by atoms with Crippen LogP contribution in [0.2, 0.25) is 0 Å². The van der Waals surface area contributed by atoms with E-state index in [0.29, 0.717) is 11.7 Å². The number of amidine groups is 1. The van der Waals surface area contributed by atoms with Crippen LogP contribution in [0.3, 0.4) is 0 Å². The van der Waals surface area contributed by atoms with E-state index in [9.17, 15) is 4.79 Å². The molecule has 2 aromatic carbocycles. The number of amides is 1. The fraction of sp³-hybridized carbons (Fsp3) is 0.250. The van der Waals surface area contributed by atoms with Crippen LogP contribution in [-0.2, 0) is 11.3 Å². The van der Waals surface area contributed by atoms with Gasteiger partial charge in [0.25, 0.3) is 0 Å². The molecule has 1 aliphatic rings. The summed E-state index contributed by atoms with van der Waals surface area (Å²) >= 11 is 1.43. The highest BCUT2D eigenvalue weighted by atomic mass is 32.2. The number of methoxy groups -OCH3 is 1. The van der Waals surface area contributed by atoms with E-state index < -0.39 is 0 Å². The van der Waals surface area contributed by atoms with Crippen molar-refractivity contribution >= 4 is 29.1 Å². The van der Waals surface area contributed by atoms with Crippen LogP contribution in [0.4, 0.5) is 0 Å². The van der Waals surface area contributed by atoms with Gasteiger partial charge in [0.05, 0.1) is 25.1 Å². The highest BCUT2D eigenvalue weighted by molar-refractivity contribution is 8.15. The lowest BCUT2D eigenvalue weighted by Gasteiger charge is -2.15. The molecule has 2 aromatic rings. The smallest absolute Gasteiger partial charge is 0.242 e. The Bertz CT molecular complexity index is 829. The Balaban J connectivity index is 1.75. The number of ether oxygens (including phenoxy) is 1. The van der Waals surface area contributed by atoms with Gasteiger partial charge in [-0.05, 0) is 37.1 Å². The first-order chi connectivity index (χ1) is 12.6. The van der Waals surface area contributed by atoms with Crippen molar-refractivity contribution in [3.05, 3.63) is 65.2 Å². The first-order valence-electron chi connectivity index (χ1n) is 8.35. The Hall–Kier alpha value is -2.60. The standard InChI is InChI=1S/C20H21N3O2S/c1-14-4-6-16(7-5-14)12-21-22-20-23(19(24)15(2)26-20)13-17-8-10-18(25-3)11-9-17/h4-12,15H,13H2,1-3H3/b21-12+,22-20+. The van der Waals surface area contributed by atoms with Crippen molar-refractivity contribution in [2.45, 2.75) is 25.6 Å². The number of carbonyl (C=O) groups is 1. The summed E-state index contributed by atoms with van der Waals surface area (Å²) < 4.78 is 5.17.